The summed E-state index contributed by atoms with van der Waals surface area (Å²) in [6, 6.07) is 1.09. The molecule has 4 N–H and O–H groups in total. The molecule has 2 nitrogen and oxygen atoms in total. The Morgan fingerprint density at radius 2 is 0.800 bits per heavy atom. The molecule has 2 fully saturated rings. The molecule has 0 unspecified atom stereocenters. The molecule has 0 bridgehead atoms. The van der Waals surface area contributed by atoms with Gasteiger partial charge in [0, 0.05) is 12.1 Å². The Morgan fingerprint density at radius 1 is 0.600 bits per heavy atom. The van der Waals surface area contributed by atoms with Crippen molar-refractivity contribution < 1.29 is 45.9 Å². The molecule has 0 aromatic heterocycles. The zero-order valence-corrected chi connectivity index (χ0v) is 12.8. The van der Waals surface area contributed by atoms with Crippen LogP contribution in [0.3, 0.4) is 0 Å². The second kappa shape index (κ2) is 13.3. The molecule has 0 atom stereocenters. The maximum absolute atomic E-state index is 5.53. The van der Waals surface area contributed by atoms with Gasteiger partial charge in [-0.3, -0.25) is 0 Å². The van der Waals surface area contributed by atoms with Crippen LogP contribution in [-0.4, -0.2) is 12.1 Å². The van der Waals surface area contributed by atoms with Crippen molar-refractivity contribution in [2.24, 2.45) is 11.5 Å². The third-order valence-corrected chi connectivity index (χ3v) is 2.80. The zero-order chi connectivity index (χ0) is 8.81. The molecule has 2 rings (SSSR count). The summed E-state index contributed by atoms with van der Waals surface area (Å²) in [5.74, 6) is 0. The third kappa shape index (κ3) is 11.5. The molecular weight excluding hydrogens is 414 g/mol. The first-order valence-corrected chi connectivity index (χ1v) is 5.30. The summed E-state index contributed by atoms with van der Waals surface area (Å²) in [6.45, 7) is 0. The number of rotatable bonds is 0. The van der Waals surface area contributed by atoms with Crippen LogP contribution in [-0.2, 0) is 21.1 Å². The number of halogens is 2. The zero-order valence-electron chi connectivity index (χ0n) is 9.04. The van der Waals surface area contributed by atoms with E-state index in [-0.39, 0.29) is 45.9 Å². The van der Waals surface area contributed by atoms with E-state index >= 15 is 0 Å². The van der Waals surface area contributed by atoms with Crippen molar-refractivity contribution in [1.82, 2.24) is 0 Å². The summed E-state index contributed by atoms with van der Waals surface area (Å²) >= 11 is 0. The van der Waals surface area contributed by atoms with E-state index in [0.717, 1.165) is 0 Å². The van der Waals surface area contributed by atoms with Crippen LogP contribution in [0.15, 0.2) is 0 Å². The van der Waals surface area contributed by atoms with Gasteiger partial charge in [0.1, 0.15) is 0 Å². The van der Waals surface area contributed by atoms with E-state index in [1.54, 1.807) is 0 Å². The van der Waals surface area contributed by atoms with Crippen LogP contribution in [0.5, 0.6) is 0 Å². The standard InChI is InChI=1S/2C5H11N.2ClH.Pt/c2*6-5-3-1-2-4-5;;;/h2*5H,1-4,6H2;2*1H;/q;;;;+2/p-2. The molecule has 0 aromatic carbocycles. The van der Waals surface area contributed by atoms with Crippen molar-refractivity contribution in [3.63, 3.8) is 0 Å². The number of hydrogen-bond donors (Lipinski definition) is 2. The Bertz CT molecular complexity index is 102. The first kappa shape index (κ1) is 21.5. The fraction of sp³-hybridized carbons (Fsp3) is 1.00. The average molecular weight is 436 g/mol. The van der Waals surface area contributed by atoms with Gasteiger partial charge in [0.2, 0.25) is 0 Å². The van der Waals surface area contributed by atoms with E-state index in [4.69, 9.17) is 11.5 Å². The van der Waals surface area contributed by atoms with Gasteiger partial charge in [0.05, 0.1) is 0 Å². The van der Waals surface area contributed by atoms with Crippen LogP contribution < -0.4 is 36.3 Å². The van der Waals surface area contributed by atoms with Crippen molar-refractivity contribution in [3.05, 3.63) is 0 Å². The van der Waals surface area contributed by atoms with Gasteiger partial charge in [-0.05, 0) is 25.7 Å². The summed E-state index contributed by atoms with van der Waals surface area (Å²) in [4.78, 5) is 0. The smallest absolute Gasteiger partial charge is 1.00 e. The molecule has 2 saturated carbocycles. The van der Waals surface area contributed by atoms with Crippen molar-refractivity contribution in [1.29, 1.82) is 0 Å². The summed E-state index contributed by atoms with van der Waals surface area (Å²) in [5, 5.41) is 0. The molecule has 5 heteroatoms. The summed E-state index contributed by atoms with van der Waals surface area (Å²) < 4.78 is 0. The quantitative estimate of drug-likeness (QED) is 0.405. The number of hydrogen-bond acceptors (Lipinski definition) is 2. The van der Waals surface area contributed by atoms with Gasteiger partial charge < -0.3 is 36.3 Å². The van der Waals surface area contributed by atoms with Gasteiger partial charge in [-0.15, -0.1) is 0 Å². The molecule has 0 heterocycles. The Kier molecular flexibility index (Phi) is 19.0. The normalized spacial score (nSPS) is 20.4. The van der Waals surface area contributed by atoms with Crippen molar-refractivity contribution in [2.75, 3.05) is 0 Å². The minimum atomic E-state index is 0. The molecule has 0 spiro atoms. The molecule has 0 saturated heterocycles. The minimum absolute atomic E-state index is 0. The second-order valence-electron chi connectivity index (χ2n) is 4.09. The largest absolute Gasteiger partial charge is 2.00 e. The topological polar surface area (TPSA) is 52.0 Å². The number of nitrogens with two attached hydrogens (primary N) is 2. The van der Waals surface area contributed by atoms with Crippen molar-refractivity contribution in [3.8, 4) is 0 Å². The molecule has 96 valence electrons. The minimum Gasteiger partial charge on any atom is -1.00 e. The fourth-order valence-electron chi connectivity index (χ4n) is 1.91. The van der Waals surface area contributed by atoms with Crippen LogP contribution in [0, 0.1) is 0 Å². The van der Waals surface area contributed by atoms with Gasteiger partial charge in [-0.25, -0.2) is 0 Å². The predicted octanol–water partition coefficient (Wildman–Crippen LogP) is -4.22. The summed E-state index contributed by atoms with van der Waals surface area (Å²) in [5.41, 5.74) is 11.1. The Labute approximate surface area is 120 Å². The first-order valence-electron chi connectivity index (χ1n) is 5.30. The van der Waals surface area contributed by atoms with Crippen LogP contribution in [0.4, 0.5) is 0 Å². The van der Waals surface area contributed by atoms with Crippen LogP contribution in [0.1, 0.15) is 51.4 Å². The molecule has 0 radical (unpaired) electrons. The molecule has 2 aliphatic carbocycles. The monoisotopic (exact) mass is 435 g/mol. The van der Waals surface area contributed by atoms with Gasteiger partial charge in [0.15, 0.2) is 0 Å². The average Bonchev–Trinajstić information content (AvgIpc) is 2.63. The van der Waals surface area contributed by atoms with E-state index in [1.165, 1.54) is 51.4 Å². The third-order valence-electron chi connectivity index (χ3n) is 2.80. The van der Waals surface area contributed by atoms with E-state index in [9.17, 15) is 0 Å². The van der Waals surface area contributed by atoms with E-state index in [2.05, 4.69) is 0 Å². The van der Waals surface area contributed by atoms with Gasteiger partial charge in [-0.2, -0.15) is 0 Å². The molecule has 0 amide bonds. The summed E-state index contributed by atoms with van der Waals surface area (Å²) in [6.07, 6.45) is 10.5. The Morgan fingerprint density at radius 3 is 0.867 bits per heavy atom. The van der Waals surface area contributed by atoms with E-state index in [1.807, 2.05) is 0 Å². The molecule has 15 heavy (non-hydrogen) atoms. The Balaban J connectivity index is -0.000000160. The molecule has 0 aliphatic heterocycles. The maximum atomic E-state index is 5.53. The molecular formula is C10H22Cl2N2Pt. The SMILES string of the molecule is NC1CCCC1.NC1CCCC1.[Cl-].[Cl-].[Pt+2]. The van der Waals surface area contributed by atoms with E-state index < -0.39 is 0 Å². The first-order chi connectivity index (χ1) is 5.79. The van der Waals surface area contributed by atoms with Crippen LogP contribution in [0.2, 0.25) is 0 Å². The van der Waals surface area contributed by atoms with Crippen LogP contribution >= 0.6 is 0 Å². The molecule has 0 aromatic rings. The molecule has 2 aliphatic rings. The predicted molar refractivity (Wildman–Crippen MR) is 52.9 cm³/mol. The summed E-state index contributed by atoms with van der Waals surface area (Å²) in [7, 11) is 0. The Hall–Kier alpha value is 1.19. The van der Waals surface area contributed by atoms with Crippen molar-refractivity contribution >= 4 is 0 Å². The van der Waals surface area contributed by atoms with Gasteiger partial charge >= 0.3 is 21.1 Å². The van der Waals surface area contributed by atoms with Crippen LogP contribution in [0.25, 0.3) is 0 Å². The van der Waals surface area contributed by atoms with E-state index in [0.29, 0.717) is 12.1 Å². The fourth-order valence-corrected chi connectivity index (χ4v) is 1.91. The van der Waals surface area contributed by atoms with Crippen molar-refractivity contribution in [2.45, 2.75) is 63.5 Å². The maximum Gasteiger partial charge on any atom is 2.00 e. The van der Waals surface area contributed by atoms with Gasteiger partial charge in [-0.1, -0.05) is 25.7 Å². The second-order valence-corrected chi connectivity index (χ2v) is 4.09. The van der Waals surface area contributed by atoms with Gasteiger partial charge in [0.25, 0.3) is 0 Å².